The van der Waals surface area contributed by atoms with Crippen LogP contribution in [-0.2, 0) is 0 Å². The minimum Gasteiger partial charge on any atom is -0.435 e. The average Bonchev–Trinajstić information content (AvgIpc) is 1.92. The average molecular weight is 428 g/mol. The van der Waals surface area contributed by atoms with E-state index in [1.54, 1.807) is 13.0 Å². The SMILES string of the molecule is Cc1cc[c-]nc1N.[CH2-]C(F)(F)F.[U+2]. The van der Waals surface area contributed by atoms with E-state index >= 15 is 0 Å². The van der Waals surface area contributed by atoms with Crippen LogP contribution in [0.25, 0.3) is 0 Å². The second kappa shape index (κ2) is 7.13. The number of nitrogen functional groups attached to an aromatic ring is 1. The Labute approximate surface area is 104 Å². The molecule has 0 bridgehead atoms. The van der Waals surface area contributed by atoms with Crippen molar-refractivity contribution in [2.24, 2.45) is 0 Å². The summed E-state index contributed by atoms with van der Waals surface area (Å²) in [6.45, 7) is 3.68. The molecule has 0 aliphatic rings. The molecule has 0 unspecified atom stereocenters. The van der Waals surface area contributed by atoms with Gasteiger partial charge in [-0.15, -0.1) is 5.56 Å². The number of anilines is 1. The van der Waals surface area contributed by atoms with Crippen LogP contribution in [0.15, 0.2) is 12.1 Å². The molecular weight excluding hydrogens is 419 g/mol. The minimum absolute atomic E-state index is 0. The molecule has 1 heterocycles. The Morgan fingerprint density at radius 1 is 1.50 bits per heavy atom. The molecule has 0 radical (unpaired) electrons. The van der Waals surface area contributed by atoms with Gasteiger partial charge in [0.15, 0.2) is 0 Å². The molecule has 0 aliphatic heterocycles. The van der Waals surface area contributed by atoms with Gasteiger partial charge in [0.25, 0.3) is 6.18 Å². The van der Waals surface area contributed by atoms with Gasteiger partial charge in [-0.1, -0.05) is 13.1 Å². The Hall–Kier alpha value is -0.208. The van der Waals surface area contributed by atoms with E-state index in [4.69, 9.17) is 5.73 Å². The molecule has 76 valence electrons. The third-order valence-electron chi connectivity index (χ3n) is 0.997. The van der Waals surface area contributed by atoms with Crippen molar-refractivity contribution in [3.8, 4) is 0 Å². The Morgan fingerprint density at radius 2 is 1.93 bits per heavy atom. The molecule has 1 rings (SSSR count). The van der Waals surface area contributed by atoms with Crippen molar-refractivity contribution in [3.05, 3.63) is 30.8 Å². The number of pyridine rings is 1. The standard InChI is InChI=1S/C6H7N2.C2H2F3.U/c1-5-3-2-4-8-6(5)7;1-2(3,4)5;/h2-3H,1H3,(H2,7,8);1H2;/q2*-1;+2. The first-order valence-electron chi connectivity index (χ1n) is 3.32. The van der Waals surface area contributed by atoms with Gasteiger partial charge in [-0.2, -0.15) is 12.1 Å². The van der Waals surface area contributed by atoms with Crippen LogP contribution < -0.4 is 5.73 Å². The Bertz CT molecular complexity index is 236. The van der Waals surface area contributed by atoms with Crippen molar-refractivity contribution in [1.82, 2.24) is 4.98 Å². The molecular formula is C8H9F3N2U. The van der Waals surface area contributed by atoms with E-state index in [2.05, 4.69) is 11.2 Å². The van der Waals surface area contributed by atoms with E-state index in [1.807, 2.05) is 13.0 Å². The molecule has 0 aromatic carbocycles. The molecule has 0 atom stereocenters. The number of nitrogens with two attached hydrogens (primary N) is 1. The number of halogens is 3. The van der Waals surface area contributed by atoms with E-state index in [-0.39, 0.29) is 31.1 Å². The Morgan fingerprint density at radius 3 is 2.14 bits per heavy atom. The number of nitrogens with zero attached hydrogens (tertiary/aromatic N) is 1. The zero-order valence-electron chi connectivity index (χ0n) is 7.52. The predicted octanol–water partition coefficient (Wildman–Crippen LogP) is 2.16. The van der Waals surface area contributed by atoms with Gasteiger partial charge in [-0.05, 0) is 0 Å². The first kappa shape index (κ1) is 16.2. The van der Waals surface area contributed by atoms with Crippen molar-refractivity contribution >= 4 is 5.82 Å². The third-order valence-corrected chi connectivity index (χ3v) is 0.997. The summed E-state index contributed by atoms with van der Waals surface area (Å²) in [4.78, 5) is 3.73. The van der Waals surface area contributed by atoms with Crippen molar-refractivity contribution in [2.45, 2.75) is 13.1 Å². The van der Waals surface area contributed by atoms with Crippen molar-refractivity contribution in [3.63, 3.8) is 0 Å². The maximum absolute atomic E-state index is 10.2. The summed E-state index contributed by atoms with van der Waals surface area (Å²) in [7, 11) is 0. The van der Waals surface area contributed by atoms with Gasteiger partial charge in [-0.3, -0.25) is 0 Å². The van der Waals surface area contributed by atoms with Crippen LogP contribution in [0.2, 0.25) is 0 Å². The monoisotopic (exact) mass is 428 g/mol. The number of alkyl halides is 3. The summed E-state index contributed by atoms with van der Waals surface area (Å²) in [5.74, 6) is 0.563. The molecule has 0 saturated heterocycles. The predicted molar refractivity (Wildman–Crippen MR) is 43.6 cm³/mol. The molecule has 2 nitrogen and oxygen atoms in total. The maximum Gasteiger partial charge on any atom is 2.00 e. The van der Waals surface area contributed by atoms with Crippen LogP contribution in [0, 0.1) is 51.2 Å². The number of aryl methyl sites for hydroxylation is 1. The molecule has 14 heavy (non-hydrogen) atoms. The van der Waals surface area contributed by atoms with Crippen LogP contribution in [0.1, 0.15) is 5.56 Å². The van der Waals surface area contributed by atoms with Crippen molar-refractivity contribution in [2.75, 3.05) is 5.73 Å². The van der Waals surface area contributed by atoms with E-state index in [9.17, 15) is 13.2 Å². The molecule has 0 amide bonds. The number of aromatic nitrogens is 1. The molecule has 1 aromatic heterocycles. The van der Waals surface area contributed by atoms with Crippen LogP contribution in [-0.4, -0.2) is 11.2 Å². The van der Waals surface area contributed by atoms with E-state index in [1.165, 1.54) is 0 Å². The van der Waals surface area contributed by atoms with Gasteiger partial charge in [0.2, 0.25) is 0 Å². The summed E-state index contributed by atoms with van der Waals surface area (Å²) in [5, 5.41) is 0. The van der Waals surface area contributed by atoms with Gasteiger partial charge in [0, 0.05) is 5.82 Å². The number of hydrogen-bond acceptors (Lipinski definition) is 2. The fourth-order valence-electron chi connectivity index (χ4n) is 0.443. The summed E-state index contributed by atoms with van der Waals surface area (Å²) in [6.07, 6.45) is -1.62. The topological polar surface area (TPSA) is 38.9 Å². The van der Waals surface area contributed by atoms with E-state index in [0.717, 1.165) is 5.56 Å². The fourth-order valence-corrected chi connectivity index (χ4v) is 0.443. The first-order valence-corrected chi connectivity index (χ1v) is 3.32. The summed E-state index contributed by atoms with van der Waals surface area (Å²) in [5.41, 5.74) is 6.38. The molecule has 0 saturated carbocycles. The largest absolute Gasteiger partial charge is 2.00 e. The number of hydrogen-bond donors (Lipinski definition) is 1. The molecule has 0 aliphatic carbocycles. The first-order chi connectivity index (χ1) is 5.80. The third kappa shape index (κ3) is 11.8. The second-order valence-corrected chi connectivity index (χ2v) is 2.26. The maximum atomic E-state index is 10.2. The van der Waals surface area contributed by atoms with Crippen LogP contribution in [0.3, 0.4) is 0 Å². The molecule has 1 aromatic rings. The Balaban J connectivity index is 0. The Kier molecular flexibility index (Phi) is 8.27. The smallest absolute Gasteiger partial charge is 0.435 e. The fraction of sp³-hybridized carbons (Fsp3) is 0.250. The van der Waals surface area contributed by atoms with E-state index < -0.39 is 6.18 Å². The van der Waals surface area contributed by atoms with E-state index in [0.29, 0.717) is 5.82 Å². The number of rotatable bonds is 0. The van der Waals surface area contributed by atoms with Gasteiger partial charge < -0.3 is 10.7 Å². The zero-order chi connectivity index (χ0) is 10.5. The summed E-state index contributed by atoms with van der Waals surface area (Å²) >= 11 is 0. The quantitative estimate of drug-likeness (QED) is 0.644. The van der Waals surface area contributed by atoms with Crippen molar-refractivity contribution in [1.29, 1.82) is 0 Å². The zero-order valence-corrected chi connectivity index (χ0v) is 11.7. The summed E-state index contributed by atoms with van der Waals surface area (Å²) < 4.78 is 30.7. The molecule has 2 N–H and O–H groups in total. The molecule has 0 fully saturated rings. The summed E-state index contributed by atoms with van der Waals surface area (Å²) in [6, 6.07) is 3.62. The van der Waals surface area contributed by atoms with Gasteiger partial charge in [0.1, 0.15) is 0 Å². The minimum atomic E-state index is -4.25. The molecule has 0 spiro atoms. The second-order valence-electron chi connectivity index (χ2n) is 2.26. The van der Waals surface area contributed by atoms with Crippen LogP contribution in [0.5, 0.6) is 0 Å². The van der Waals surface area contributed by atoms with Crippen molar-refractivity contribution < 1.29 is 44.3 Å². The van der Waals surface area contributed by atoms with Gasteiger partial charge in [-0.25, -0.2) is 20.1 Å². The van der Waals surface area contributed by atoms with Crippen LogP contribution in [0.4, 0.5) is 19.0 Å². The molecule has 6 heteroatoms. The van der Waals surface area contributed by atoms with Gasteiger partial charge in [0.05, 0.1) is 0 Å². The normalized spacial score (nSPS) is 9.50. The van der Waals surface area contributed by atoms with Crippen LogP contribution >= 0.6 is 0 Å². The van der Waals surface area contributed by atoms with Gasteiger partial charge >= 0.3 is 31.1 Å².